The molecule has 0 aromatic carbocycles. The lowest BCUT2D eigenvalue weighted by atomic mass is 10.1. The summed E-state index contributed by atoms with van der Waals surface area (Å²) in [7, 11) is 0. The smallest absolute Gasteiger partial charge is 0.480 e. The van der Waals surface area contributed by atoms with Crippen molar-refractivity contribution >= 4 is 11.9 Å². The number of aliphatic carboxylic acids is 2. The van der Waals surface area contributed by atoms with E-state index in [1.165, 1.54) is 0 Å². The Hall–Kier alpha value is -1.35. The quantitative estimate of drug-likeness (QED) is 0.516. The molecular formula is C7H11F3N2O4. The van der Waals surface area contributed by atoms with E-state index in [0.29, 0.717) is 0 Å². The second-order valence-corrected chi connectivity index (χ2v) is 2.91. The van der Waals surface area contributed by atoms with Gasteiger partial charge in [-0.3, -0.25) is 10.2 Å². The van der Waals surface area contributed by atoms with Crippen LogP contribution in [-0.4, -0.2) is 40.9 Å². The monoisotopic (exact) mass is 244 g/mol. The number of hydrogen-bond acceptors (Lipinski definition) is 4. The topological polar surface area (TPSA) is 98.7 Å². The summed E-state index contributed by atoms with van der Waals surface area (Å²) >= 11 is 0. The highest BCUT2D eigenvalue weighted by Crippen LogP contribution is 2.13. The van der Waals surface area contributed by atoms with Crippen molar-refractivity contribution < 1.29 is 33.0 Å². The van der Waals surface area contributed by atoms with E-state index in [9.17, 15) is 18.0 Å². The molecule has 9 heteroatoms. The molecule has 1 unspecified atom stereocenters. The molecule has 0 aliphatic carbocycles. The zero-order valence-electron chi connectivity index (χ0n) is 8.04. The van der Waals surface area contributed by atoms with Gasteiger partial charge in [0.2, 0.25) is 0 Å². The number of hydrazine groups is 1. The summed E-state index contributed by atoms with van der Waals surface area (Å²) in [5, 5.41) is 15.6. The Kier molecular flexibility index (Phi) is 5.75. The molecule has 6 nitrogen and oxygen atoms in total. The van der Waals surface area contributed by atoms with Crippen molar-refractivity contribution in [2.45, 2.75) is 25.1 Å². The standard InChI is InChI=1S/C5H10N2O2.C2HF3O2/c8-5(9)4-2-1-3-6-7-4;3-2(4,5)1(6)7/h4,6-7H,1-3H2,(H,8,9);(H,6,7). The summed E-state index contributed by atoms with van der Waals surface area (Å²) in [5.74, 6) is -3.53. The minimum atomic E-state index is -5.08. The van der Waals surface area contributed by atoms with Crippen molar-refractivity contribution in [2.24, 2.45) is 0 Å². The van der Waals surface area contributed by atoms with Gasteiger partial charge in [-0.25, -0.2) is 10.2 Å². The van der Waals surface area contributed by atoms with Crippen LogP contribution < -0.4 is 10.9 Å². The van der Waals surface area contributed by atoms with Gasteiger partial charge in [0, 0.05) is 6.54 Å². The molecule has 1 rings (SSSR count). The highest BCUT2D eigenvalue weighted by Gasteiger charge is 2.38. The largest absolute Gasteiger partial charge is 0.490 e. The summed E-state index contributed by atoms with van der Waals surface area (Å²) in [6.45, 7) is 0.865. The first kappa shape index (κ1) is 14.6. The number of carboxylic acids is 2. The SMILES string of the molecule is O=C(O)C(F)(F)F.O=C(O)C1CCCNN1. The maximum atomic E-state index is 10.6. The average molecular weight is 244 g/mol. The van der Waals surface area contributed by atoms with E-state index < -0.39 is 24.2 Å². The van der Waals surface area contributed by atoms with Gasteiger partial charge in [0.05, 0.1) is 0 Å². The number of nitrogens with one attached hydrogen (secondary N) is 2. The van der Waals surface area contributed by atoms with Gasteiger partial charge in [0.1, 0.15) is 6.04 Å². The molecule has 0 aromatic rings. The van der Waals surface area contributed by atoms with Crippen LogP contribution in [0.25, 0.3) is 0 Å². The Balaban J connectivity index is 0.000000293. The molecule has 0 aromatic heterocycles. The first-order valence-corrected chi connectivity index (χ1v) is 4.26. The number of rotatable bonds is 1. The highest BCUT2D eigenvalue weighted by atomic mass is 19.4. The first-order chi connectivity index (χ1) is 7.25. The third kappa shape index (κ3) is 6.19. The van der Waals surface area contributed by atoms with E-state index in [1.54, 1.807) is 0 Å². The third-order valence-corrected chi connectivity index (χ3v) is 1.61. The van der Waals surface area contributed by atoms with E-state index in [-0.39, 0.29) is 0 Å². The zero-order chi connectivity index (χ0) is 12.8. The maximum Gasteiger partial charge on any atom is 0.490 e. The van der Waals surface area contributed by atoms with Crippen molar-refractivity contribution in [3.8, 4) is 0 Å². The molecule has 4 N–H and O–H groups in total. The lowest BCUT2D eigenvalue weighted by molar-refractivity contribution is -0.192. The molecule has 1 saturated heterocycles. The fourth-order valence-corrected chi connectivity index (χ4v) is 0.847. The molecule has 94 valence electrons. The van der Waals surface area contributed by atoms with Crippen molar-refractivity contribution in [3.63, 3.8) is 0 Å². The Bertz CT molecular complexity index is 251. The fraction of sp³-hybridized carbons (Fsp3) is 0.714. The fourth-order valence-electron chi connectivity index (χ4n) is 0.847. The van der Waals surface area contributed by atoms with Crippen LogP contribution in [0.4, 0.5) is 13.2 Å². The van der Waals surface area contributed by atoms with Crippen molar-refractivity contribution in [1.29, 1.82) is 0 Å². The van der Waals surface area contributed by atoms with Gasteiger partial charge in [0.15, 0.2) is 0 Å². The molecule has 1 aliphatic heterocycles. The minimum absolute atomic E-state index is 0.390. The molecule has 16 heavy (non-hydrogen) atoms. The number of carboxylic acid groups (broad SMARTS) is 2. The van der Waals surface area contributed by atoms with E-state index in [0.717, 1.165) is 19.4 Å². The highest BCUT2D eigenvalue weighted by molar-refractivity contribution is 5.73. The summed E-state index contributed by atoms with van der Waals surface area (Å²) in [4.78, 5) is 19.1. The van der Waals surface area contributed by atoms with Crippen molar-refractivity contribution in [1.82, 2.24) is 10.9 Å². The van der Waals surface area contributed by atoms with Crippen molar-refractivity contribution in [3.05, 3.63) is 0 Å². The van der Waals surface area contributed by atoms with Crippen LogP contribution in [0, 0.1) is 0 Å². The molecule has 1 atom stereocenters. The van der Waals surface area contributed by atoms with Crippen LogP contribution in [0.5, 0.6) is 0 Å². The van der Waals surface area contributed by atoms with E-state index in [2.05, 4.69) is 10.9 Å². The Labute approximate surface area is 88.4 Å². The summed E-state index contributed by atoms with van der Waals surface area (Å²) in [6.07, 6.45) is -3.42. The number of carbonyl (C=O) groups is 2. The third-order valence-electron chi connectivity index (χ3n) is 1.61. The predicted molar refractivity (Wildman–Crippen MR) is 45.5 cm³/mol. The lowest BCUT2D eigenvalue weighted by Gasteiger charge is -2.19. The van der Waals surface area contributed by atoms with Gasteiger partial charge in [0.25, 0.3) is 0 Å². The molecule has 0 saturated carbocycles. The van der Waals surface area contributed by atoms with Gasteiger partial charge in [-0.2, -0.15) is 13.2 Å². The van der Waals surface area contributed by atoms with Crippen LogP contribution in [0.15, 0.2) is 0 Å². The predicted octanol–water partition coefficient (Wildman–Crippen LogP) is -0.0391. The van der Waals surface area contributed by atoms with Crippen molar-refractivity contribution in [2.75, 3.05) is 6.54 Å². The Morgan fingerprint density at radius 1 is 1.25 bits per heavy atom. The summed E-state index contributed by atoms with van der Waals surface area (Å²) < 4.78 is 31.7. The molecule has 0 radical (unpaired) electrons. The molecule has 0 amide bonds. The van der Waals surface area contributed by atoms with Crippen LogP contribution in [-0.2, 0) is 9.59 Å². The molecule has 1 heterocycles. The average Bonchev–Trinajstić information content (AvgIpc) is 2.18. The van der Waals surface area contributed by atoms with Gasteiger partial charge in [-0.05, 0) is 12.8 Å². The molecule has 0 spiro atoms. The van der Waals surface area contributed by atoms with Crippen LogP contribution >= 0.6 is 0 Å². The van der Waals surface area contributed by atoms with E-state index in [1.807, 2.05) is 0 Å². The van der Waals surface area contributed by atoms with Gasteiger partial charge >= 0.3 is 18.1 Å². The van der Waals surface area contributed by atoms with Crippen LogP contribution in [0.2, 0.25) is 0 Å². The molecule has 0 bridgehead atoms. The van der Waals surface area contributed by atoms with E-state index >= 15 is 0 Å². The zero-order valence-corrected chi connectivity index (χ0v) is 8.04. The van der Waals surface area contributed by atoms with Gasteiger partial charge in [-0.15, -0.1) is 0 Å². The lowest BCUT2D eigenvalue weighted by Crippen LogP contribution is -2.49. The molecular weight excluding hydrogens is 233 g/mol. The second-order valence-electron chi connectivity index (χ2n) is 2.91. The summed E-state index contributed by atoms with van der Waals surface area (Å²) in [5.41, 5.74) is 5.45. The number of halogens is 3. The summed E-state index contributed by atoms with van der Waals surface area (Å²) in [6, 6.07) is -0.390. The molecule has 1 fully saturated rings. The number of hydrogen-bond donors (Lipinski definition) is 4. The molecule has 1 aliphatic rings. The Morgan fingerprint density at radius 3 is 1.94 bits per heavy atom. The van der Waals surface area contributed by atoms with Gasteiger partial charge in [-0.1, -0.05) is 0 Å². The second kappa shape index (κ2) is 6.28. The van der Waals surface area contributed by atoms with Gasteiger partial charge < -0.3 is 10.2 Å². The van der Waals surface area contributed by atoms with Crippen LogP contribution in [0.3, 0.4) is 0 Å². The van der Waals surface area contributed by atoms with Crippen LogP contribution in [0.1, 0.15) is 12.8 Å². The normalized spacial score (nSPS) is 20.6. The maximum absolute atomic E-state index is 10.6. The first-order valence-electron chi connectivity index (χ1n) is 4.26. The Morgan fingerprint density at radius 2 is 1.75 bits per heavy atom. The number of alkyl halides is 3. The minimum Gasteiger partial charge on any atom is -0.480 e. The van der Waals surface area contributed by atoms with E-state index in [4.69, 9.17) is 15.0 Å².